The third-order valence-electron chi connectivity index (χ3n) is 7.01. The summed E-state index contributed by atoms with van der Waals surface area (Å²) in [5, 5.41) is 6.49. The van der Waals surface area contributed by atoms with Gasteiger partial charge in [0.25, 0.3) is 11.8 Å². The van der Waals surface area contributed by atoms with E-state index < -0.39 is 0 Å². The number of benzene rings is 2. The second-order valence-corrected chi connectivity index (χ2v) is 9.70. The smallest absolute Gasteiger partial charge is 0.259 e. The van der Waals surface area contributed by atoms with Gasteiger partial charge in [0.15, 0.2) is 11.5 Å². The molecule has 2 N–H and O–H groups in total. The van der Waals surface area contributed by atoms with E-state index in [4.69, 9.17) is 14.2 Å². The van der Waals surface area contributed by atoms with Crippen molar-refractivity contribution in [2.24, 2.45) is 0 Å². The molecule has 0 aliphatic carbocycles. The number of rotatable bonds is 7. The fourth-order valence-electron chi connectivity index (χ4n) is 4.90. The van der Waals surface area contributed by atoms with Gasteiger partial charge < -0.3 is 29.7 Å². The molecule has 212 valence electrons. The summed E-state index contributed by atoms with van der Waals surface area (Å²) in [7, 11) is 4.67. The van der Waals surface area contributed by atoms with Crippen molar-refractivity contribution in [2.75, 3.05) is 39.3 Å². The highest BCUT2D eigenvalue weighted by molar-refractivity contribution is 6.06. The zero-order chi connectivity index (χ0) is 28.3. The Morgan fingerprint density at radius 1 is 0.925 bits per heavy atom. The van der Waals surface area contributed by atoms with Crippen LogP contribution >= 0.6 is 0 Å². The Labute approximate surface area is 235 Å². The third kappa shape index (κ3) is 7.09. The Kier molecular flexibility index (Phi) is 10.3. The monoisotopic (exact) mass is 546 g/mol. The molecular formula is C31H38N4O5. The Morgan fingerprint density at radius 3 is 2.38 bits per heavy atom. The second-order valence-electron chi connectivity index (χ2n) is 9.70. The van der Waals surface area contributed by atoms with Crippen LogP contribution in [0.3, 0.4) is 0 Å². The molecule has 0 atom stereocenters. The van der Waals surface area contributed by atoms with Crippen LogP contribution in [0.5, 0.6) is 17.2 Å². The maximum atomic E-state index is 13.6. The number of hydrogen-bond acceptors (Lipinski definition) is 7. The SMILES string of the molecule is COc1cc(CNC(=O)c2ccc3c(c2)CNCCCCCCCN3C(=O)c2cccnc2)cc(OC)c1OC. The van der Waals surface area contributed by atoms with E-state index in [2.05, 4.69) is 15.6 Å². The first kappa shape index (κ1) is 28.9. The van der Waals surface area contributed by atoms with Crippen LogP contribution in [0.2, 0.25) is 0 Å². The maximum Gasteiger partial charge on any atom is 0.259 e. The van der Waals surface area contributed by atoms with Gasteiger partial charge >= 0.3 is 0 Å². The zero-order valence-corrected chi connectivity index (χ0v) is 23.5. The van der Waals surface area contributed by atoms with Crippen LogP contribution in [-0.2, 0) is 13.1 Å². The molecule has 0 saturated carbocycles. The summed E-state index contributed by atoms with van der Waals surface area (Å²) < 4.78 is 16.3. The second kappa shape index (κ2) is 14.3. The van der Waals surface area contributed by atoms with E-state index >= 15 is 0 Å². The zero-order valence-electron chi connectivity index (χ0n) is 23.5. The van der Waals surface area contributed by atoms with Crippen LogP contribution in [0.15, 0.2) is 54.9 Å². The highest BCUT2D eigenvalue weighted by Crippen LogP contribution is 2.38. The van der Waals surface area contributed by atoms with Gasteiger partial charge in [0, 0.05) is 43.3 Å². The van der Waals surface area contributed by atoms with Crippen molar-refractivity contribution >= 4 is 17.5 Å². The predicted octanol–water partition coefficient (Wildman–Crippen LogP) is 4.74. The quantitative estimate of drug-likeness (QED) is 0.441. The molecule has 9 heteroatoms. The summed E-state index contributed by atoms with van der Waals surface area (Å²) >= 11 is 0. The van der Waals surface area contributed by atoms with Crippen molar-refractivity contribution in [1.82, 2.24) is 15.6 Å². The summed E-state index contributed by atoms with van der Waals surface area (Å²) in [5.41, 5.74) is 3.58. The average Bonchev–Trinajstić information content (AvgIpc) is 2.99. The maximum absolute atomic E-state index is 13.6. The van der Waals surface area contributed by atoms with E-state index in [1.807, 2.05) is 29.2 Å². The van der Waals surface area contributed by atoms with Crippen molar-refractivity contribution < 1.29 is 23.8 Å². The minimum Gasteiger partial charge on any atom is -0.493 e. The average molecular weight is 547 g/mol. The number of carbonyl (C=O) groups excluding carboxylic acids is 2. The minimum atomic E-state index is -0.215. The van der Waals surface area contributed by atoms with Crippen molar-refractivity contribution in [3.63, 3.8) is 0 Å². The van der Waals surface area contributed by atoms with Crippen molar-refractivity contribution in [3.05, 3.63) is 77.1 Å². The Bertz CT molecular complexity index is 1270. The largest absolute Gasteiger partial charge is 0.493 e. The molecule has 1 aromatic heterocycles. The lowest BCUT2D eigenvalue weighted by Gasteiger charge is -2.26. The standard InChI is InChI=1S/C31H38N4O5/c1-38-27-16-22(17-28(39-2)29(27)40-3)19-34-30(36)23-11-12-26-25(18-23)21-32-13-7-5-4-6-8-15-35(26)31(37)24-10-9-14-33-20-24/h9-12,14,16-18,20,32H,4-8,13,15,19,21H2,1-3H3,(H,34,36). The summed E-state index contributed by atoms with van der Waals surface area (Å²) in [5.74, 6) is 1.24. The Balaban J connectivity index is 1.59. The molecule has 1 aliphatic heterocycles. The molecule has 2 heterocycles. The number of nitrogens with one attached hydrogen (secondary N) is 2. The summed E-state index contributed by atoms with van der Waals surface area (Å²) in [6.07, 6.45) is 8.63. The third-order valence-corrected chi connectivity index (χ3v) is 7.01. The molecule has 40 heavy (non-hydrogen) atoms. The van der Waals surface area contributed by atoms with Crippen LogP contribution in [0.25, 0.3) is 0 Å². The number of methoxy groups -OCH3 is 3. The lowest BCUT2D eigenvalue weighted by atomic mass is 10.0. The summed E-state index contributed by atoms with van der Waals surface area (Å²) in [4.78, 5) is 32.8. The summed E-state index contributed by atoms with van der Waals surface area (Å²) in [6.45, 7) is 2.32. The molecule has 0 bridgehead atoms. The number of anilines is 1. The molecule has 3 aromatic rings. The molecule has 0 unspecified atom stereocenters. The molecule has 4 rings (SSSR count). The van der Waals surface area contributed by atoms with E-state index in [-0.39, 0.29) is 18.4 Å². The van der Waals surface area contributed by atoms with Gasteiger partial charge in [0.2, 0.25) is 5.75 Å². The number of pyridine rings is 1. The highest BCUT2D eigenvalue weighted by Gasteiger charge is 2.22. The van der Waals surface area contributed by atoms with Crippen molar-refractivity contribution in [1.29, 1.82) is 0 Å². The molecular weight excluding hydrogens is 508 g/mol. The van der Waals surface area contributed by atoms with Gasteiger partial charge in [-0.1, -0.05) is 19.3 Å². The van der Waals surface area contributed by atoms with Crippen LogP contribution < -0.4 is 29.7 Å². The first-order valence-electron chi connectivity index (χ1n) is 13.7. The van der Waals surface area contributed by atoms with Gasteiger partial charge in [-0.2, -0.15) is 0 Å². The van der Waals surface area contributed by atoms with Gasteiger partial charge in [-0.3, -0.25) is 14.6 Å². The predicted molar refractivity (Wildman–Crippen MR) is 154 cm³/mol. The molecule has 9 nitrogen and oxygen atoms in total. The first-order valence-corrected chi connectivity index (χ1v) is 13.7. The first-order chi connectivity index (χ1) is 19.5. The molecule has 1 aliphatic rings. The van der Waals surface area contributed by atoms with E-state index in [0.717, 1.165) is 55.5 Å². The number of ether oxygens (including phenoxy) is 3. The van der Waals surface area contributed by atoms with E-state index in [0.29, 0.717) is 41.5 Å². The van der Waals surface area contributed by atoms with Gasteiger partial charge in [-0.15, -0.1) is 0 Å². The number of fused-ring (bicyclic) bond motifs is 1. The van der Waals surface area contributed by atoms with Crippen LogP contribution in [0.4, 0.5) is 5.69 Å². The lowest BCUT2D eigenvalue weighted by Crippen LogP contribution is -2.34. The minimum absolute atomic E-state index is 0.0917. The highest BCUT2D eigenvalue weighted by atomic mass is 16.5. The Morgan fingerprint density at radius 2 is 1.68 bits per heavy atom. The van der Waals surface area contributed by atoms with Crippen molar-refractivity contribution in [3.8, 4) is 17.2 Å². The van der Waals surface area contributed by atoms with Gasteiger partial charge in [0.05, 0.1) is 26.9 Å². The van der Waals surface area contributed by atoms with E-state index in [1.165, 1.54) is 0 Å². The number of aromatic nitrogens is 1. The molecule has 0 fully saturated rings. The lowest BCUT2D eigenvalue weighted by molar-refractivity contribution is 0.0949. The van der Waals surface area contributed by atoms with Gasteiger partial charge in [-0.05, 0) is 73.0 Å². The normalized spacial score (nSPS) is 14.2. The van der Waals surface area contributed by atoms with E-state index in [9.17, 15) is 9.59 Å². The topological polar surface area (TPSA) is 102 Å². The van der Waals surface area contributed by atoms with Gasteiger partial charge in [-0.25, -0.2) is 0 Å². The molecule has 2 amide bonds. The van der Waals surface area contributed by atoms with Gasteiger partial charge in [0.1, 0.15) is 0 Å². The van der Waals surface area contributed by atoms with E-state index in [1.54, 1.807) is 51.9 Å². The molecule has 0 radical (unpaired) electrons. The van der Waals surface area contributed by atoms with Crippen LogP contribution in [0.1, 0.15) is 63.9 Å². The number of amides is 2. The van der Waals surface area contributed by atoms with Crippen LogP contribution in [0, 0.1) is 0 Å². The molecule has 2 aromatic carbocycles. The Hall–Kier alpha value is -4.11. The molecule has 0 spiro atoms. The fourth-order valence-corrected chi connectivity index (χ4v) is 4.90. The number of nitrogens with zero attached hydrogens (tertiary/aromatic N) is 2. The van der Waals surface area contributed by atoms with Crippen molar-refractivity contribution in [2.45, 2.75) is 45.2 Å². The summed E-state index contributed by atoms with van der Waals surface area (Å²) in [6, 6.07) is 12.7. The number of hydrogen-bond donors (Lipinski definition) is 2. The molecule has 0 saturated heterocycles. The van der Waals surface area contributed by atoms with Crippen LogP contribution in [-0.4, -0.2) is 51.2 Å². The number of carbonyl (C=O) groups is 2. The fraction of sp³-hybridized carbons (Fsp3) is 0.387.